The summed E-state index contributed by atoms with van der Waals surface area (Å²) >= 11 is 14.5. The number of anilines is 3. The van der Waals surface area contributed by atoms with E-state index in [-0.39, 0.29) is 5.92 Å². The first-order valence-electron chi connectivity index (χ1n) is 10.3. The third-order valence-electron chi connectivity index (χ3n) is 5.07. The minimum absolute atomic E-state index is 0.224. The van der Waals surface area contributed by atoms with Gasteiger partial charge in [0, 0.05) is 56.8 Å². The first-order chi connectivity index (χ1) is 15.3. The molecule has 1 unspecified atom stereocenters. The number of nitrogens with one attached hydrogen (secondary N) is 1. The third kappa shape index (κ3) is 4.31. The van der Waals surface area contributed by atoms with Crippen molar-refractivity contribution < 1.29 is 0 Å². The monoisotopic (exact) mass is 489 g/mol. The Bertz CT molecular complexity index is 1140. The van der Waals surface area contributed by atoms with Gasteiger partial charge in [-0.25, -0.2) is 15.0 Å². The number of fused-ring (bicyclic) bond motifs is 2. The lowest BCUT2D eigenvalue weighted by atomic mass is 9.87. The van der Waals surface area contributed by atoms with Crippen LogP contribution in [0.4, 0.5) is 17.7 Å². The lowest BCUT2D eigenvalue weighted by molar-refractivity contribution is 0.793. The van der Waals surface area contributed by atoms with E-state index in [4.69, 9.17) is 38.2 Å². The number of hydrogen-bond donors (Lipinski definition) is 1. The molecule has 1 atom stereocenters. The highest BCUT2D eigenvalue weighted by atomic mass is 35.5. The molecular formula is C22H25Cl2N7S. The molecule has 4 rings (SSSR count). The molecule has 0 saturated carbocycles. The van der Waals surface area contributed by atoms with Gasteiger partial charge in [0.1, 0.15) is 21.0 Å². The fourth-order valence-corrected chi connectivity index (χ4v) is 5.05. The van der Waals surface area contributed by atoms with Crippen LogP contribution in [0, 0.1) is 0 Å². The molecule has 0 spiro atoms. The second-order valence-corrected chi connectivity index (χ2v) is 9.70. The van der Waals surface area contributed by atoms with E-state index in [1.165, 1.54) is 11.8 Å². The molecule has 168 valence electrons. The number of benzene rings is 1. The Hall–Kier alpha value is -2.29. The molecule has 0 aliphatic carbocycles. The van der Waals surface area contributed by atoms with Gasteiger partial charge in [-0.3, -0.25) is 0 Å². The minimum Gasteiger partial charge on any atom is -0.370 e. The van der Waals surface area contributed by atoms with Crippen LogP contribution in [0.25, 0.3) is 0 Å². The number of halogens is 2. The lowest BCUT2D eigenvalue weighted by Gasteiger charge is -2.30. The Balaban J connectivity index is 2.00. The van der Waals surface area contributed by atoms with Crippen LogP contribution < -0.4 is 15.1 Å². The van der Waals surface area contributed by atoms with Crippen LogP contribution in [0.15, 0.2) is 34.3 Å². The Morgan fingerprint density at radius 3 is 2.06 bits per heavy atom. The van der Waals surface area contributed by atoms with Crippen LogP contribution in [0.5, 0.6) is 0 Å². The van der Waals surface area contributed by atoms with Crippen molar-refractivity contribution in [3.8, 4) is 0 Å². The summed E-state index contributed by atoms with van der Waals surface area (Å²) in [4.78, 5) is 22.8. The van der Waals surface area contributed by atoms with E-state index in [2.05, 4.69) is 17.2 Å². The zero-order valence-electron chi connectivity index (χ0n) is 18.6. The molecule has 10 heteroatoms. The van der Waals surface area contributed by atoms with Crippen LogP contribution in [0.2, 0.25) is 10.2 Å². The highest BCUT2D eigenvalue weighted by molar-refractivity contribution is 7.99. The maximum Gasteiger partial charge on any atom is 0.227 e. The van der Waals surface area contributed by atoms with Crippen molar-refractivity contribution in [2.45, 2.75) is 29.3 Å². The van der Waals surface area contributed by atoms with Crippen LogP contribution in [0.3, 0.4) is 0 Å². The van der Waals surface area contributed by atoms with Crippen molar-refractivity contribution in [3.63, 3.8) is 0 Å². The van der Waals surface area contributed by atoms with Crippen molar-refractivity contribution >= 4 is 52.7 Å². The van der Waals surface area contributed by atoms with Gasteiger partial charge in [-0.05, 0) is 35.9 Å². The van der Waals surface area contributed by atoms with Gasteiger partial charge in [-0.15, -0.1) is 0 Å². The predicted molar refractivity (Wildman–Crippen MR) is 133 cm³/mol. The minimum atomic E-state index is -0.224. The smallest absolute Gasteiger partial charge is 0.227 e. The molecule has 0 bridgehead atoms. The van der Waals surface area contributed by atoms with Crippen molar-refractivity contribution in [2.75, 3.05) is 49.9 Å². The van der Waals surface area contributed by atoms with E-state index >= 15 is 0 Å². The van der Waals surface area contributed by atoms with Gasteiger partial charge in [0.25, 0.3) is 0 Å². The predicted octanol–water partition coefficient (Wildman–Crippen LogP) is 5.17. The molecule has 1 aliphatic rings. The number of aromatic nitrogens is 4. The summed E-state index contributed by atoms with van der Waals surface area (Å²) in [7, 11) is 7.67. The Labute approximate surface area is 202 Å². The topological polar surface area (TPSA) is 70.1 Å². The third-order valence-corrected chi connectivity index (χ3v) is 6.62. The molecule has 1 aliphatic heterocycles. The molecule has 32 heavy (non-hydrogen) atoms. The van der Waals surface area contributed by atoms with Crippen molar-refractivity contribution in [1.29, 1.82) is 0 Å². The molecule has 1 aromatic carbocycles. The number of hydrogen-bond acceptors (Lipinski definition) is 8. The van der Waals surface area contributed by atoms with Gasteiger partial charge in [-0.2, -0.15) is 4.98 Å². The molecule has 0 radical (unpaired) electrons. The molecule has 0 fully saturated rings. The fourth-order valence-electron chi connectivity index (χ4n) is 3.51. The second-order valence-electron chi connectivity index (χ2n) is 7.93. The molecule has 3 heterocycles. The summed E-state index contributed by atoms with van der Waals surface area (Å²) in [6, 6.07) is 7.79. The van der Waals surface area contributed by atoms with Crippen molar-refractivity contribution in [3.05, 3.63) is 51.1 Å². The van der Waals surface area contributed by atoms with Gasteiger partial charge >= 0.3 is 0 Å². The van der Waals surface area contributed by atoms with Crippen molar-refractivity contribution in [1.82, 2.24) is 19.9 Å². The summed E-state index contributed by atoms with van der Waals surface area (Å²) in [5, 5.41) is 6.25. The number of rotatable bonds is 6. The maximum absolute atomic E-state index is 6.79. The van der Waals surface area contributed by atoms with E-state index < -0.39 is 0 Å². The SMILES string of the molecule is CCCNc1nc(N(C)C)nc2c1C(c1ccc(Cl)cc1)c1c(Cl)nc(N(C)C)nc1S2. The van der Waals surface area contributed by atoms with Crippen molar-refractivity contribution in [2.24, 2.45) is 0 Å². The second kappa shape index (κ2) is 9.29. The normalized spacial score (nSPS) is 14.5. The fraction of sp³-hybridized carbons (Fsp3) is 0.364. The Kier molecular flexibility index (Phi) is 6.65. The average Bonchev–Trinajstić information content (AvgIpc) is 2.76. The van der Waals surface area contributed by atoms with E-state index in [0.717, 1.165) is 45.5 Å². The molecule has 0 saturated heterocycles. The van der Waals surface area contributed by atoms with Gasteiger partial charge in [0.15, 0.2) is 0 Å². The van der Waals surface area contributed by atoms with Crippen LogP contribution in [0.1, 0.15) is 36.0 Å². The summed E-state index contributed by atoms with van der Waals surface area (Å²) in [6.07, 6.45) is 0.974. The first kappa shape index (κ1) is 22.9. The molecule has 1 N–H and O–H groups in total. The first-order valence-corrected chi connectivity index (χ1v) is 11.9. The molecular weight excluding hydrogens is 465 g/mol. The van der Waals surface area contributed by atoms with E-state index in [1.807, 2.05) is 62.3 Å². The summed E-state index contributed by atoms with van der Waals surface area (Å²) in [6.45, 7) is 2.92. The summed E-state index contributed by atoms with van der Waals surface area (Å²) in [5.41, 5.74) is 2.87. The average molecular weight is 490 g/mol. The maximum atomic E-state index is 6.79. The highest BCUT2D eigenvalue weighted by Crippen LogP contribution is 2.51. The van der Waals surface area contributed by atoms with Crippen LogP contribution in [-0.2, 0) is 0 Å². The Morgan fingerprint density at radius 1 is 0.875 bits per heavy atom. The van der Waals surface area contributed by atoms with Gasteiger partial charge in [0.2, 0.25) is 11.9 Å². The van der Waals surface area contributed by atoms with Gasteiger partial charge in [-0.1, -0.05) is 42.3 Å². The molecule has 7 nitrogen and oxygen atoms in total. The van der Waals surface area contributed by atoms with Crippen LogP contribution in [-0.4, -0.2) is 54.7 Å². The molecule has 3 aromatic rings. The quantitative estimate of drug-likeness (QED) is 0.371. The van der Waals surface area contributed by atoms with Gasteiger partial charge < -0.3 is 15.1 Å². The largest absolute Gasteiger partial charge is 0.370 e. The van der Waals surface area contributed by atoms with E-state index in [1.54, 1.807) is 0 Å². The highest BCUT2D eigenvalue weighted by Gasteiger charge is 2.36. The number of nitrogens with zero attached hydrogens (tertiary/aromatic N) is 6. The molecule has 2 aromatic heterocycles. The van der Waals surface area contributed by atoms with Crippen LogP contribution >= 0.6 is 35.0 Å². The summed E-state index contributed by atoms with van der Waals surface area (Å²) in [5.74, 6) is 1.77. The van der Waals surface area contributed by atoms with E-state index in [9.17, 15) is 0 Å². The zero-order chi connectivity index (χ0) is 23.0. The summed E-state index contributed by atoms with van der Waals surface area (Å²) < 4.78 is 0. The molecule has 0 amide bonds. The van der Waals surface area contributed by atoms with E-state index in [0.29, 0.717) is 22.1 Å². The van der Waals surface area contributed by atoms with Gasteiger partial charge in [0.05, 0.1) is 0 Å². The standard InChI is InChI=1S/C22H25Cl2N7S/c1-6-11-25-18-16-14(12-7-9-13(23)10-8-12)15-17(24)26-21(30(2)3)28-19(15)32-20(16)29-22(27-18)31(4)5/h7-10,14H,6,11H2,1-5H3,(H,25,27,29). The Morgan fingerprint density at radius 2 is 1.47 bits per heavy atom. The lowest BCUT2D eigenvalue weighted by Crippen LogP contribution is -2.22. The zero-order valence-corrected chi connectivity index (χ0v) is 21.0.